The number of hydrogen-bond acceptors (Lipinski definition) is 3. The largest absolute Gasteiger partial charge is 0.465 e. The average molecular weight is 263 g/mol. The van der Waals surface area contributed by atoms with Crippen molar-refractivity contribution in [1.29, 1.82) is 0 Å². The summed E-state index contributed by atoms with van der Waals surface area (Å²) in [7, 11) is 0. The van der Waals surface area contributed by atoms with Crippen LogP contribution in [0, 0.1) is 0 Å². The van der Waals surface area contributed by atoms with Gasteiger partial charge >= 0.3 is 5.97 Å². The molecule has 0 heterocycles. The minimum atomic E-state index is -0.138. The Morgan fingerprint density at radius 1 is 1.11 bits per heavy atom. The van der Waals surface area contributed by atoms with Crippen LogP contribution in [-0.2, 0) is 22.5 Å². The fraction of sp³-hybridized carbons (Fsp3) is 0.562. The van der Waals surface area contributed by atoms with Crippen LogP contribution in [0.15, 0.2) is 24.3 Å². The summed E-state index contributed by atoms with van der Waals surface area (Å²) in [4.78, 5) is 13.7. The molecule has 0 aliphatic heterocycles. The fourth-order valence-electron chi connectivity index (χ4n) is 2.06. The van der Waals surface area contributed by atoms with E-state index in [1.54, 1.807) is 0 Å². The Morgan fingerprint density at radius 2 is 1.74 bits per heavy atom. The van der Waals surface area contributed by atoms with Crippen LogP contribution in [0.1, 0.15) is 38.3 Å². The lowest BCUT2D eigenvalue weighted by atomic mass is 10.1. The van der Waals surface area contributed by atoms with E-state index in [-0.39, 0.29) is 5.97 Å². The molecular weight excluding hydrogens is 238 g/mol. The zero-order valence-electron chi connectivity index (χ0n) is 12.3. The van der Waals surface area contributed by atoms with Gasteiger partial charge in [-0.3, -0.25) is 9.69 Å². The molecule has 0 aliphatic rings. The molecule has 19 heavy (non-hydrogen) atoms. The molecule has 1 aromatic carbocycles. The topological polar surface area (TPSA) is 29.5 Å². The fourth-order valence-corrected chi connectivity index (χ4v) is 2.06. The molecule has 3 nitrogen and oxygen atoms in total. The molecule has 0 N–H and O–H groups in total. The highest BCUT2D eigenvalue weighted by Crippen LogP contribution is 2.08. The van der Waals surface area contributed by atoms with Crippen molar-refractivity contribution in [3.63, 3.8) is 0 Å². The predicted molar refractivity (Wildman–Crippen MR) is 78.0 cm³/mol. The number of rotatable bonds is 8. The zero-order chi connectivity index (χ0) is 14.1. The first-order valence-electron chi connectivity index (χ1n) is 7.15. The number of ether oxygens (including phenoxy) is 1. The SMILES string of the molecule is CCCN(CC(=O)OCC)Cc1ccc(CC)cc1. The third-order valence-electron chi connectivity index (χ3n) is 3.04. The maximum atomic E-state index is 11.6. The second-order valence-corrected chi connectivity index (χ2v) is 4.69. The first-order chi connectivity index (χ1) is 9.19. The Morgan fingerprint density at radius 3 is 2.26 bits per heavy atom. The van der Waals surface area contributed by atoms with Gasteiger partial charge in [0.15, 0.2) is 0 Å². The molecule has 1 rings (SSSR count). The first-order valence-corrected chi connectivity index (χ1v) is 7.15. The van der Waals surface area contributed by atoms with Crippen LogP contribution < -0.4 is 0 Å². The molecule has 0 aliphatic carbocycles. The third kappa shape index (κ3) is 5.88. The average Bonchev–Trinajstić information content (AvgIpc) is 2.40. The van der Waals surface area contributed by atoms with E-state index < -0.39 is 0 Å². The second-order valence-electron chi connectivity index (χ2n) is 4.69. The number of aryl methyl sites for hydroxylation is 1. The number of carbonyl (C=O) groups excluding carboxylic acids is 1. The summed E-state index contributed by atoms with van der Waals surface area (Å²) in [5, 5.41) is 0. The van der Waals surface area contributed by atoms with Crippen LogP contribution in [-0.4, -0.2) is 30.6 Å². The molecule has 0 aromatic heterocycles. The Bertz CT molecular complexity index is 373. The van der Waals surface area contributed by atoms with Crippen molar-refractivity contribution in [3.8, 4) is 0 Å². The van der Waals surface area contributed by atoms with E-state index >= 15 is 0 Å². The molecule has 0 fully saturated rings. The lowest BCUT2D eigenvalue weighted by Gasteiger charge is -2.20. The Labute approximate surface area is 116 Å². The number of benzene rings is 1. The molecule has 0 radical (unpaired) electrons. The van der Waals surface area contributed by atoms with E-state index in [1.807, 2.05) is 6.92 Å². The smallest absolute Gasteiger partial charge is 0.320 e. The van der Waals surface area contributed by atoms with Gasteiger partial charge in [0.05, 0.1) is 13.2 Å². The zero-order valence-corrected chi connectivity index (χ0v) is 12.3. The van der Waals surface area contributed by atoms with Gasteiger partial charge in [-0.15, -0.1) is 0 Å². The van der Waals surface area contributed by atoms with Crippen molar-refractivity contribution in [2.45, 2.75) is 40.2 Å². The van der Waals surface area contributed by atoms with E-state index in [1.165, 1.54) is 11.1 Å². The summed E-state index contributed by atoms with van der Waals surface area (Å²) in [6.07, 6.45) is 2.09. The molecule has 106 valence electrons. The summed E-state index contributed by atoms with van der Waals surface area (Å²) in [6.45, 7) is 8.65. The standard InChI is InChI=1S/C16H25NO2/c1-4-11-17(13-16(18)19-6-3)12-15-9-7-14(5-2)8-10-15/h7-10H,4-6,11-13H2,1-3H3. The van der Waals surface area contributed by atoms with Gasteiger partial charge in [-0.2, -0.15) is 0 Å². The van der Waals surface area contributed by atoms with Crippen LogP contribution in [0.3, 0.4) is 0 Å². The van der Waals surface area contributed by atoms with Crippen LogP contribution >= 0.6 is 0 Å². The van der Waals surface area contributed by atoms with Gasteiger partial charge in [-0.05, 0) is 37.4 Å². The summed E-state index contributed by atoms with van der Waals surface area (Å²) in [5.74, 6) is -0.138. The molecule has 0 saturated carbocycles. The lowest BCUT2D eigenvalue weighted by molar-refractivity contribution is -0.144. The Kier molecular flexibility index (Phi) is 7.19. The number of nitrogens with zero attached hydrogens (tertiary/aromatic N) is 1. The van der Waals surface area contributed by atoms with Crippen molar-refractivity contribution in [3.05, 3.63) is 35.4 Å². The van der Waals surface area contributed by atoms with E-state index in [0.717, 1.165) is 25.9 Å². The van der Waals surface area contributed by atoms with Gasteiger partial charge in [0, 0.05) is 6.54 Å². The molecule has 0 amide bonds. The van der Waals surface area contributed by atoms with Gasteiger partial charge in [0.25, 0.3) is 0 Å². The van der Waals surface area contributed by atoms with Gasteiger partial charge < -0.3 is 4.74 Å². The number of carbonyl (C=O) groups is 1. The summed E-state index contributed by atoms with van der Waals surface area (Å²) in [5.41, 5.74) is 2.59. The van der Waals surface area contributed by atoms with Crippen molar-refractivity contribution >= 4 is 5.97 Å². The molecule has 0 atom stereocenters. The molecule has 0 unspecified atom stereocenters. The summed E-state index contributed by atoms with van der Waals surface area (Å²) < 4.78 is 5.01. The highest BCUT2D eigenvalue weighted by atomic mass is 16.5. The van der Waals surface area contributed by atoms with Crippen molar-refractivity contribution in [1.82, 2.24) is 4.90 Å². The molecule has 1 aromatic rings. The Balaban J connectivity index is 2.58. The third-order valence-corrected chi connectivity index (χ3v) is 3.04. The summed E-state index contributed by atoms with van der Waals surface area (Å²) >= 11 is 0. The predicted octanol–water partition coefficient (Wildman–Crippen LogP) is 3.02. The minimum Gasteiger partial charge on any atom is -0.465 e. The van der Waals surface area contributed by atoms with E-state index in [2.05, 4.69) is 43.0 Å². The maximum Gasteiger partial charge on any atom is 0.320 e. The van der Waals surface area contributed by atoms with Crippen LogP contribution in [0.2, 0.25) is 0 Å². The molecule has 0 spiro atoms. The Hall–Kier alpha value is -1.35. The quantitative estimate of drug-likeness (QED) is 0.675. The van der Waals surface area contributed by atoms with Gasteiger partial charge in [0.2, 0.25) is 0 Å². The highest BCUT2D eigenvalue weighted by molar-refractivity contribution is 5.71. The van der Waals surface area contributed by atoms with Crippen molar-refractivity contribution < 1.29 is 9.53 Å². The van der Waals surface area contributed by atoms with E-state index in [0.29, 0.717) is 13.2 Å². The van der Waals surface area contributed by atoms with Crippen molar-refractivity contribution in [2.24, 2.45) is 0 Å². The lowest BCUT2D eigenvalue weighted by Crippen LogP contribution is -2.31. The normalized spacial score (nSPS) is 10.7. The summed E-state index contributed by atoms with van der Waals surface area (Å²) in [6, 6.07) is 8.60. The van der Waals surface area contributed by atoms with Crippen LogP contribution in [0.25, 0.3) is 0 Å². The highest BCUT2D eigenvalue weighted by Gasteiger charge is 2.11. The van der Waals surface area contributed by atoms with Gasteiger partial charge in [-0.1, -0.05) is 38.1 Å². The van der Waals surface area contributed by atoms with Crippen molar-refractivity contribution in [2.75, 3.05) is 19.7 Å². The van der Waals surface area contributed by atoms with Gasteiger partial charge in [0.1, 0.15) is 0 Å². The molecule has 0 bridgehead atoms. The van der Waals surface area contributed by atoms with Crippen LogP contribution in [0.5, 0.6) is 0 Å². The maximum absolute atomic E-state index is 11.6. The monoisotopic (exact) mass is 263 g/mol. The molecular formula is C16H25NO2. The number of hydrogen-bond donors (Lipinski definition) is 0. The number of esters is 1. The first kappa shape index (κ1) is 15.7. The molecule has 3 heteroatoms. The van der Waals surface area contributed by atoms with E-state index in [9.17, 15) is 4.79 Å². The van der Waals surface area contributed by atoms with Crippen LogP contribution in [0.4, 0.5) is 0 Å². The second kappa shape index (κ2) is 8.70. The van der Waals surface area contributed by atoms with Gasteiger partial charge in [-0.25, -0.2) is 0 Å². The van der Waals surface area contributed by atoms with E-state index in [4.69, 9.17) is 4.74 Å². The minimum absolute atomic E-state index is 0.138. The molecule has 0 saturated heterocycles.